The van der Waals surface area contributed by atoms with Crippen molar-refractivity contribution in [2.24, 2.45) is 0 Å². The van der Waals surface area contributed by atoms with Crippen LogP contribution in [0.25, 0.3) is 11.4 Å². The zero-order valence-corrected chi connectivity index (χ0v) is 15.9. The van der Waals surface area contributed by atoms with Crippen LogP contribution < -0.4 is 0 Å². The van der Waals surface area contributed by atoms with Gasteiger partial charge in [0.1, 0.15) is 0 Å². The minimum atomic E-state index is -0.845. The predicted molar refractivity (Wildman–Crippen MR) is 104 cm³/mol. The Morgan fingerprint density at radius 2 is 1.79 bits per heavy atom. The van der Waals surface area contributed by atoms with Gasteiger partial charge in [0.05, 0.1) is 6.42 Å². The number of carbonyl (C=O) groups is 2. The standard InChI is InChI=1S/C22H22N2O4/c1-3-16-9-11-17(12-10-16)21(26)15(2)27-20(25)14-13-19-23-22(24-28-19)18-7-5-4-6-8-18/h4-12,15H,3,13-14H2,1-2H3. The fourth-order valence-electron chi connectivity index (χ4n) is 2.72. The van der Waals surface area contributed by atoms with E-state index in [0.717, 1.165) is 17.5 Å². The summed E-state index contributed by atoms with van der Waals surface area (Å²) in [6.07, 6.45) is 0.372. The number of ether oxygens (including phenoxy) is 1. The quantitative estimate of drug-likeness (QED) is 0.434. The largest absolute Gasteiger partial charge is 0.454 e. The van der Waals surface area contributed by atoms with Crippen LogP contribution in [0.1, 0.15) is 42.1 Å². The third-order valence-corrected chi connectivity index (χ3v) is 4.37. The van der Waals surface area contributed by atoms with E-state index in [9.17, 15) is 9.59 Å². The minimum absolute atomic E-state index is 0.0583. The van der Waals surface area contributed by atoms with E-state index in [4.69, 9.17) is 9.26 Å². The molecule has 1 atom stereocenters. The second-order valence-corrected chi connectivity index (χ2v) is 6.42. The summed E-state index contributed by atoms with van der Waals surface area (Å²) in [4.78, 5) is 28.7. The van der Waals surface area contributed by atoms with Gasteiger partial charge in [-0.05, 0) is 18.9 Å². The monoisotopic (exact) mass is 378 g/mol. The van der Waals surface area contributed by atoms with Crippen molar-refractivity contribution in [3.8, 4) is 11.4 Å². The van der Waals surface area contributed by atoms with Gasteiger partial charge in [-0.25, -0.2) is 0 Å². The Hall–Kier alpha value is -3.28. The molecule has 0 fully saturated rings. The van der Waals surface area contributed by atoms with Gasteiger partial charge < -0.3 is 9.26 Å². The van der Waals surface area contributed by atoms with Crippen LogP contribution >= 0.6 is 0 Å². The van der Waals surface area contributed by atoms with Crippen molar-refractivity contribution < 1.29 is 18.8 Å². The molecule has 0 N–H and O–H groups in total. The maximum absolute atomic E-state index is 12.4. The highest BCUT2D eigenvalue weighted by molar-refractivity contribution is 6.00. The Bertz CT molecular complexity index is 933. The zero-order chi connectivity index (χ0) is 19.9. The molecular formula is C22H22N2O4. The van der Waals surface area contributed by atoms with Crippen LogP contribution in [0.3, 0.4) is 0 Å². The molecule has 6 heteroatoms. The number of aryl methyl sites for hydroxylation is 2. The lowest BCUT2D eigenvalue weighted by molar-refractivity contribution is -0.146. The number of benzene rings is 2. The van der Waals surface area contributed by atoms with Crippen molar-refractivity contribution in [1.82, 2.24) is 10.1 Å². The van der Waals surface area contributed by atoms with E-state index >= 15 is 0 Å². The molecular weight excluding hydrogens is 356 g/mol. The van der Waals surface area contributed by atoms with E-state index in [1.165, 1.54) is 0 Å². The normalized spacial score (nSPS) is 11.8. The summed E-state index contributed by atoms with van der Waals surface area (Å²) in [5, 5.41) is 3.91. The van der Waals surface area contributed by atoms with Crippen LogP contribution in [0, 0.1) is 0 Å². The van der Waals surface area contributed by atoms with Crippen LogP contribution in [0.5, 0.6) is 0 Å². The Morgan fingerprint density at radius 1 is 1.07 bits per heavy atom. The molecule has 1 unspecified atom stereocenters. The number of Topliss-reactive ketones (excluding diaryl/α,β-unsaturated/α-hetero) is 1. The average molecular weight is 378 g/mol. The molecule has 0 saturated carbocycles. The summed E-state index contributed by atoms with van der Waals surface area (Å²) in [5.41, 5.74) is 2.52. The molecule has 3 rings (SSSR count). The summed E-state index contributed by atoms with van der Waals surface area (Å²) < 4.78 is 10.4. The van der Waals surface area contributed by atoms with Gasteiger partial charge in [-0.3, -0.25) is 9.59 Å². The summed E-state index contributed by atoms with van der Waals surface area (Å²) in [6.45, 7) is 3.63. The van der Waals surface area contributed by atoms with E-state index in [2.05, 4.69) is 10.1 Å². The topological polar surface area (TPSA) is 82.3 Å². The molecule has 0 aliphatic heterocycles. The first kappa shape index (κ1) is 19.5. The predicted octanol–water partition coefficient (Wildman–Crippen LogP) is 4.05. The number of ketones is 1. The lowest BCUT2D eigenvalue weighted by atomic mass is 10.0. The second-order valence-electron chi connectivity index (χ2n) is 6.42. The van der Waals surface area contributed by atoms with Gasteiger partial charge in [-0.1, -0.05) is 66.7 Å². The smallest absolute Gasteiger partial charge is 0.307 e. The van der Waals surface area contributed by atoms with E-state index in [1.807, 2.05) is 49.4 Å². The SMILES string of the molecule is CCc1ccc(C(=O)C(C)OC(=O)CCc2nc(-c3ccccc3)no2)cc1. The molecule has 6 nitrogen and oxygen atoms in total. The maximum Gasteiger partial charge on any atom is 0.307 e. The van der Waals surface area contributed by atoms with E-state index in [1.54, 1.807) is 19.1 Å². The van der Waals surface area contributed by atoms with E-state index < -0.39 is 12.1 Å². The van der Waals surface area contributed by atoms with Crippen LogP contribution in [0.2, 0.25) is 0 Å². The second kappa shape index (κ2) is 9.08. The molecule has 2 aromatic carbocycles. The summed E-state index contributed by atoms with van der Waals surface area (Å²) in [5.74, 6) is 0.124. The number of hydrogen-bond acceptors (Lipinski definition) is 6. The molecule has 0 radical (unpaired) electrons. The molecule has 0 bridgehead atoms. The van der Waals surface area contributed by atoms with Crippen LogP contribution in [0.4, 0.5) is 0 Å². The van der Waals surface area contributed by atoms with Crippen LogP contribution in [-0.4, -0.2) is 28.0 Å². The molecule has 0 saturated heterocycles. The number of hydrogen-bond donors (Lipinski definition) is 0. The fourth-order valence-corrected chi connectivity index (χ4v) is 2.72. The first-order valence-corrected chi connectivity index (χ1v) is 9.27. The number of esters is 1. The molecule has 1 heterocycles. The molecule has 0 aliphatic carbocycles. The Balaban J connectivity index is 1.51. The maximum atomic E-state index is 12.4. The fraction of sp³-hybridized carbons (Fsp3) is 0.273. The van der Waals surface area contributed by atoms with Crippen molar-refractivity contribution in [3.05, 3.63) is 71.6 Å². The van der Waals surface area contributed by atoms with Gasteiger partial charge >= 0.3 is 5.97 Å². The Morgan fingerprint density at radius 3 is 2.46 bits per heavy atom. The molecule has 0 amide bonds. The zero-order valence-electron chi connectivity index (χ0n) is 15.9. The van der Waals surface area contributed by atoms with Gasteiger partial charge in [-0.15, -0.1) is 0 Å². The Labute approximate surface area is 163 Å². The average Bonchev–Trinajstić information content (AvgIpc) is 3.21. The number of aromatic nitrogens is 2. The molecule has 1 aromatic heterocycles. The third-order valence-electron chi connectivity index (χ3n) is 4.37. The number of carbonyl (C=O) groups excluding carboxylic acids is 2. The molecule has 0 spiro atoms. The summed E-state index contributed by atoms with van der Waals surface area (Å²) in [6, 6.07) is 16.8. The highest BCUT2D eigenvalue weighted by Gasteiger charge is 2.20. The molecule has 144 valence electrons. The van der Waals surface area contributed by atoms with Crippen molar-refractivity contribution in [3.63, 3.8) is 0 Å². The van der Waals surface area contributed by atoms with Crippen molar-refractivity contribution in [2.45, 2.75) is 39.2 Å². The molecule has 3 aromatic rings. The van der Waals surface area contributed by atoms with E-state index in [-0.39, 0.29) is 18.6 Å². The van der Waals surface area contributed by atoms with Crippen molar-refractivity contribution in [2.75, 3.05) is 0 Å². The first-order chi connectivity index (χ1) is 13.6. The Kier molecular flexibility index (Phi) is 6.32. The lowest BCUT2D eigenvalue weighted by Gasteiger charge is -2.12. The van der Waals surface area contributed by atoms with Gasteiger partial charge in [0.25, 0.3) is 0 Å². The molecule has 28 heavy (non-hydrogen) atoms. The van der Waals surface area contributed by atoms with E-state index in [0.29, 0.717) is 17.3 Å². The minimum Gasteiger partial charge on any atom is -0.454 e. The molecule has 0 aliphatic rings. The summed E-state index contributed by atoms with van der Waals surface area (Å²) >= 11 is 0. The van der Waals surface area contributed by atoms with Crippen LogP contribution in [-0.2, 0) is 22.4 Å². The lowest BCUT2D eigenvalue weighted by Crippen LogP contribution is -2.24. The van der Waals surface area contributed by atoms with Crippen molar-refractivity contribution in [1.29, 1.82) is 0 Å². The summed E-state index contributed by atoms with van der Waals surface area (Å²) in [7, 11) is 0. The van der Waals surface area contributed by atoms with Crippen LogP contribution in [0.15, 0.2) is 59.1 Å². The number of nitrogens with zero attached hydrogens (tertiary/aromatic N) is 2. The highest BCUT2D eigenvalue weighted by Crippen LogP contribution is 2.16. The van der Waals surface area contributed by atoms with Gasteiger partial charge in [0.2, 0.25) is 17.5 Å². The van der Waals surface area contributed by atoms with Gasteiger partial charge in [-0.2, -0.15) is 4.98 Å². The van der Waals surface area contributed by atoms with Gasteiger partial charge in [0.15, 0.2) is 6.10 Å². The highest BCUT2D eigenvalue weighted by atomic mass is 16.5. The van der Waals surface area contributed by atoms with Gasteiger partial charge in [0, 0.05) is 17.5 Å². The number of rotatable bonds is 8. The van der Waals surface area contributed by atoms with Crippen molar-refractivity contribution >= 4 is 11.8 Å². The first-order valence-electron chi connectivity index (χ1n) is 9.27. The third kappa shape index (κ3) is 4.91.